The molecule has 0 saturated carbocycles. The first-order valence-corrected chi connectivity index (χ1v) is 13.8. The van der Waals surface area contributed by atoms with Gasteiger partial charge in [-0.2, -0.15) is 0 Å². The fourth-order valence-corrected chi connectivity index (χ4v) is 6.23. The molecule has 0 spiro atoms. The molecule has 8 nitrogen and oxygen atoms in total. The second kappa shape index (κ2) is 9.81. The number of aryl methyl sites for hydroxylation is 1. The van der Waals surface area contributed by atoms with Gasteiger partial charge in [-0.1, -0.05) is 55.8 Å². The van der Waals surface area contributed by atoms with E-state index in [-0.39, 0.29) is 29.8 Å². The second-order valence-corrected chi connectivity index (χ2v) is 11.6. The molecule has 1 fully saturated rings. The number of fused-ring (bicyclic) bond motifs is 2. The Morgan fingerprint density at radius 3 is 2.08 bits per heavy atom. The minimum atomic E-state index is -3.95. The highest BCUT2D eigenvalue weighted by Gasteiger charge is 2.45. The third-order valence-corrected chi connectivity index (χ3v) is 8.38. The van der Waals surface area contributed by atoms with E-state index >= 15 is 0 Å². The number of amides is 1. The van der Waals surface area contributed by atoms with Crippen LogP contribution in [0.25, 0.3) is 0 Å². The Hall–Kier alpha value is -3.40. The van der Waals surface area contributed by atoms with Gasteiger partial charge in [-0.25, -0.2) is 13.1 Å². The molecule has 1 amide bonds. The summed E-state index contributed by atoms with van der Waals surface area (Å²) in [4.78, 5) is 16.9. The van der Waals surface area contributed by atoms with Gasteiger partial charge in [-0.05, 0) is 43.3 Å². The third-order valence-electron chi connectivity index (χ3n) is 6.88. The van der Waals surface area contributed by atoms with Crippen molar-refractivity contribution in [2.45, 2.75) is 43.9 Å². The first-order valence-electron chi connectivity index (χ1n) is 12.4. The van der Waals surface area contributed by atoms with Crippen LogP contribution in [0.4, 0.5) is 11.4 Å². The zero-order chi connectivity index (χ0) is 26.3. The number of ether oxygens (including phenoxy) is 1. The number of rotatable bonds is 5. The van der Waals surface area contributed by atoms with Gasteiger partial charge in [0.2, 0.25) is 15.9 Å². The zero-order valence-electron chi connectivity index (χ0n) is 21.0. The molecule has 2 heterocycles. The Kier molecular flexibility index (Phi) is 6.70. The highest BCUT2D eigenvalue weighted by Crippen LogP contribution is 2.48. The maximum absolute atomic E-state index is 13.3. The van der Waals surface area contributed by atoms with Gasteiger partial charge >= 0.3 is 0 Å². The van der Waals surface area contributed by atoms with Crippen molar-refractivity contribution in [1.29, 1.82) is 0 Å². The van der Waals surface area contributed by atoms with E-state index in [1.807, 2.05) is 74.2 Å². The lowest BCUT2D eigenvalue weighted by molar-refractivity contribution is -0.137. The molecular formula is C28H31N3O5S. The van der Waals surface area contributed by atoms with Crippen molar-refractivity contribution in [3.63, 3.8) is 0 Å². The van der Waals surface area contributed by atoms with Crippen LogP contribution in [-0.4, -0.2) is 55.6 Å². The van der Waals surface area contributed by atoms with Crippen LogP contribution in [0.15, 0.2) is 77.7 Å². The van der Waals surface area contributed by atoms with Crippen molar-refractivity contribution in [2.75, 3.05) is 18.0 Å². The number of likely N-dealkylation sites (tertiary alicyclic amines) is 1. The SMILES string of the molecule is Cc1ccc(S(=O)(=O)N[C@@H]2CN(C(=O)C(C)C)C[C@H](N3c4ccccc4Oc4ccccc43)[C@H]2O)cc1. The van der Waals surface area contributed by atoms with Gasteiger partial charge in [0.05, 0.1) is 34.5 Å². The van der Waals surface area contributed by atoms with Crippen molar-refractivity contribution >= 4 is 27.3 Å². The zero-order valence-corrected chi connectivity index (χ0v) is 21.9. The molecule has 2 aliphatic rings. The predicted octanol–water partition coefficient (Wildman–Crippen LogP) is 3.81. The summed E-state index contributed by atoms with van der Waals surface area (Å²) in [7, 11) is -3.95. The van der Waals surface area contributed by atoms with Crippen LogP contribution in [0.5, 0.6) is 11.5 Å². The van der Waals surface area contributed by atoms with Crippen LogP contribution in [0, 0.1) is 12.8 Å². The molecule has 2 N–H and O–H groups in total. The molecule has 194 valence electrons. The first kappa shape index (κ1) is 25.3. The van der Waals surface area contributed by atoms with E-state index < -0.39 is 28.2 Å². The Morgan fingerprint density at radius 2 is 1.51 bits per heavy atom. The number of piperidine rings is 1. The molecule has 0 unspecified atom stereocenters. The van der Waals surface area contributed by atoms with Crippen LogP contribution in [-0.2, 0) is 14.8 Å². The molecule has 0 radical (unpaired) electrons. The Morgan fingerprint density at radius 1 is 0.946 bits per heavy atom. The summed E-state index contributed by atoms with van der Waals surface area (Å²) < 4.78 is 35.4. The molecule has 0 aliphatic carbocycles. The topological polar surface area (TPSA) is 99.2 Å². The summed E-state index contributed by atoms with van der Waals surface area (Å²) in [6, 6.07) is 20.0. The monoisotopic (exact) mass is 521 g/mol. The highest BCUT2D eigenvalue weighted by molar-refractivity contribution is 7.89. The van der Waals surface area contributed by atoms with E-state index in [0.29, 0.717) is 11.5 Å². The number of benzene rings is 3. The summed E-state index contributed by atoms with van der Waals surface area (Å²) in [5.41, 5.74) is 2.42. The summed E-state index contributed by atoms with van der Waals surface area (Å²) in [6.07, 6.45) is -1.12. The van der Waals surface area contributed by atoms with Gasteiger partial charge in [0, 0.05) is 19.0 Å². The molecule has 3 atom stereocenters. The fraction of sp³-hybridized carbons (Fsp3) is 0.321. The van der Waals surface area contributed by atoms with E-state index in [9.17, 15) is 18.3 Å². The Labute approximate surface area is 217 Å². The lowest BCUT2D eigenvalue weighted by Crippen LogP contribution is -2.66. The van der Waals surface area contributed by atoms with Crippen LogP contribution < -0.4 is 14.4 Å². The van der Waals surface area contributed by atoms with Crippen LogP contribution >= 0.6 is 0 Å². The standard InChI is InChI=1S/C28H31N3O5S/c1-18(2)28(33)30-16-21(29-37(34,35)20-14-12-19(3)13-15-20)27(32)24(17-30)31-22-8-4-6-10-25(22)36-26-11-7-5-9-23(26)31/h4-15,18,21,24,27,29,32H,16-17H2,1-3H3/t21-,24+,27+/m1/s1. The number of sulfonamides is 1. The quantitative estimate of drug-likeness (QED) is 0.530. The van der Waals surface area contributed by atoms with Crippen molar-refractivity contribution in [3.05, 3.63) is 78.4 Å². The van der Waals surface area contributed by atoms with Crippen LogP contribution in [0.3, 0.4) is 0 Å². The lowest BCUT2D eigenvalue weighted by Gasteiger charge is -2.48. The van der Waals surface area contributed by atoms with Gasteiger partial charge in [0.15, 0.2) is 11.5 Å². The van der Waals surface area contributed by atoms with E-state index in [1.165, 1.54) is 12.1 Å². The number of anilines is 2. The molecule has 3 aromatic carbocycles. The van der Waals surface area contributed by atoms with Gasteiger partial charge < -0.3 is 19.6 Å². The summed E-state index contributed by atoms with van der Waals surface area (Å²) in [5, 5.41) is 11.7. The maximum Gasteiger partial charge on any atom is 0.240 e. The van der Waals surface area contributed by atoms with Gasteiger partial charge in [0.25, 0.3) is 0 Å². The molecule has 9 heteroatoms. The highest BCUT2D eigenvalue weighted by atomic mass is 32.2. The second-order valence-electron chi connectivity index (χ2n) is 9.90. The minimum Gasteiger partial charge on any atom is -0.453 e. The van der Waals surface area contributed by atoms with E-state index in [0.717, 1.165) is 16.9 Å². The van der Waals surface area contributed by atoms with E-state index in [2.05, 4.69) is 4.72 Å². The number of para-hydroxylation sites is 4. The molecule has 3 aromatic rings. The summed E-state index contributed by atoms with van der Waals surface area (Å²) in [5.74, 6) is 0.857. The molecule has 0 aromatic heterocycles. The number of carbonyl (C=O) groups is 1. The summed E-state index contributed by atoms with van der Waals surface area (Å²) >= 11 is 0. The number of nitrogens with zero attached hydrogens (tertiary/aromatic N) is 2. The lowest BCUT2D eigenvalue weighted by atomic mass is 9.93. The number of hydrogen-bond acceptors (Lipinski definition) is 6. The smallest absolute Gasteiger partial charge is 0.240 e. The van der Waals surface area contributed by atoms with Gasteiger partial charge in [-0.3, -0.25) is 4.79 Å². The average molecular weight is 522 g/mol. The predicted molar refractivity (Wildman–Crippen MR) is 142 cm³/mol. The molecule has 0 bridgehead atoms. The number of carbonyl (C=O) groups excluding carboxylic acids is 1. The van der Waals surface area contributed by atoms with E-state index in [1.54, 1.807) is 17.0 Å². The third kappa shape index (κ3) is 4.82. The maximum atomic E-state index is 13.3. The number of aliphatic hydroxyl groups excluding tert-OH is 1. The summed E-state index contributed by atoms with van der Waals surface area (Å²) in [6.45, 7) is 5.80. The van der Waals surface area contributed by atoms with Crippen LogP contribution in [0.2, 0.25) is 0 Å². The van der Waals surface area contributed by atoms with Crippen molar-refractivity contribution in [2.24, 2.45) is 5.92 Å². The minimum absolute atomic E-state index is 0.0629. The molecule has 2 aliphatic heterocycles. The fourth-order valence-electron chi connectivity index (χ4n) is 4.98. The average Bonchev–Trinajstić information content (AvgIpc) is 2.88. The Balaban J connectivity index is 1.56. The molecule has 5 rings (SSSR count). The van der Waals surface area contributed by atoms with Gasteiger partial charge in [-0.15, -0.1) is 0 Å². The molecule has 37 heavy (non-hydrogen) atoms. The molecule has 1 saturated heterocycles. The molecular weight excluding hydrogens is 490 g/mol. The van der Waals surface area contributed by atoms with Gasteiger partial charge in [0.1, 0.15) is 0 Å². The van der Waals surface area contributed by atoms with E-state index in [4.69, 9.17) is 4.74 Å². The van der Waals surface area contributed by atoms with Crippen LogP contribution in [0.1, 0.15) is 19.4 Å². The van der Waals surface area contributed by atoms with Crippen molar-refractivity contribution in [3.8, 4) is 11.5 Å². The normalized spacial score (nSPS) is 21.3. The Bertz CT molecular complexity index is 1360. The van der Waals surface area contributed by atoms with Crippen molar-refractivity contribution in [1.82, 2.24) is 9.62 Å². The number of aliphatic hydroxyl groups is 1. The largest absolute Gasteiger partial charge is 0.453 e. The first-order chi connectivity index (χ1) is 17.7. The number of hydrogen-bond donors (Lipinski definition) is 2. The number of nitrogens with one attached hydrogen (secondary N) is 1. The van der Waals surface area contributed by atoms with Crippen molar-refractivity contribution < 1.29 is 23.1 Å².